The van der Waals surface area contributed by atoms with Crippen LogP contribution in [0.3, 0.4) is 0 Å². The van der Waals surface area contributed by atoms with Crippen molar-refractivity contribution in [2.24, 2.45) is 0 Å². The Hall–Kier alpha value is -1.88. The van der Waals surface area contributed by atoms with Crippen molar-refractivity contribution < 1.29 is 4.79 Å². The number of hydrogen-bond acceptors (Lipinski definition) is 4. The van der Waals surface area contributed by atoms with E-state index in [1.54, 1.807) is 0 Å². The number of nitrogen functional groups attached to an aromatic ring is 1. The van der Waals surface area contributed by atoms with Crippen LogP contribution in [-0.4, -0.2) is 17.4 Å². The number of carbonyl (C=O) groups is 1. The molecule has 1 amide bonds. The molecule has 4 nitrogen and oxygen atoms in total. The van der Waals surface area contributed by atoms with Crippen LogP contribution in [0.4, 0.5) is 5.69 Å². The van der Waals surface area contributed by atoms with E-state index < -0.39 is 0 Å². The third-order valence-electron chi connectivity index (χ3n) is 3.06. The van der Waals surface area contributed by atoms with Crippen LogP contribution < -0.4 is 11.1 Å². The normalized spacial score (nSPS) is 11.3. The maximum Gasteiger partial charge on any atom is 0.263 e. The maximum atomic E-state index is 12.2. The molecular formula is C15H19N3OS. The molecule has 2 heterocycles. The summed E-state index contributed by atoms with van der Waals surface area (Å²) < 4.78 is 0. The number of aromatic nitrogens is 1. The summed E-state index contributed by atoms with van der Waals surface area (Å²) in [6.45, 7) is 6.51. The Morgan fingerprint density at radius 2 is 2.25 bits per heavy atom. The lowest BCUT2D eigenvalue weighted by Gasteiger charge is -2.02. The summed E-state index contributed by atoms with van der Waals surface area (Å²) >= 11 is 1.36. The Morgan fingerprint density at radius 3 is 2.95 bits per heavy atom. The highest BCUT2D eigenvalue weighted by molar-refractivity contribution is 7.21. The molecule has 0 bridgehead atoms. The van der Waals surface area contributed by atoms with E-state index in [-0.39, 0.29) is 5.91 Å². The predicted molar refractivity (Wildman–Crippen MR) is 85.3 cm³/mol. The van der Waals surface area contributed by atoms with Gasteiger partial charge in [-0.2, -0.15) is 0 Å². The standard InChI is InChI=1S/C15H19N3OS/c1-4-5-6-7-17-14(19)13-12(16)11-9(2)8-10(3)18-15(11)20-13/h4-5,8H,6-7,16H2,1-3H3,(H,17,19)/b5-4+. The smallest absolute Gasteiger partial charge is 0.263 e. The molecule has 0 saturated carbocycles. The molecule has 106 valence electrons. The number of fused-ring (bicyclic) bond motifs is 1. The average Bonchev–Trinajstić information content (AvgIpc) is 2.71. The highest BCUT2D eigenvalue weighted by atomic mass is 32.1. The third-order valence-corrected chi connectivity index (χ3v) is 4.16. The predicted octanol–water partition coefficient (Wildman–Crippen LogP) is 3.19. The zero-order valence-electron chi connectivity index (χ0n) is 12.0. The molecule has 0 saturated heterocycles. The topological polar surface area (TPSA) is 68.0 Å². The van der Waals surface area contributed by atoms with Gasteiger partial charge in [0.1, 0.15) is 9.71 Å². The number of hydrogen-bond donors (Lipinski definition) is 2. The number of nitrogens with one attached hydrogen (secondary N) is 1. The monoisotopic (exact) mass is 289 g/mol. The molecule has 0 spiro atoms. The van der Waals surface area contributed by atoms with Crippen LogP contribution >= 0.6 is 11.3 Å². The van der Waals surface area contributed by atoms with Gasteiger partial charge in [0.25, 0.3) is 5.91 Å². The van der Waals surface area contributed by atoms with Gasteiger partial charge in [-0.05, 0) is 38.8 Å². The van der Waals surface area contributed by atoms with E-state index in [1.807, 2.05) is 39.0 Å². The minimum absolute atomic E-state index is 0.118. The zero-order valence-corrected chi connectivity index (χ0v) is 12.8. The molecule has 3 N–H and O–H groups in total. The molecule has 0 unspecified atom stereocenters. The molecule has 5 heteroatoms. The Labute approximate surface area is 122 Å². The van der Waals surface area contributed by atoms with Crippen molar-refractivity contribution >= 4 is 33.1 Å². The van der Waals surface area contributed by atoms with E-state index in [4.69, 9.17) is 5.73 Å². The fraction of sp³-hybridized carbons (Fsp3) is 0.333. The van der Waals surface area contributed by atoms with Crippen LogP contribution in [0.5, 0.6) is 0 Å². The molecular weight excluding hydrogens is 270 g/mol. The van der Waals surface area contributed by atoms with Crippen molar-refractivity contribution in [1.82, 2.24) is 10.3 Å². The molecule has 0 aliphatic carbocycles. The first kappa shape index (κ1) is 14.5. The second-order valence-electron chi connectivity index (χ2n) is 4.72. The highest BCUT2D eigenvalue weighted by Crippen LogP contribution is 2.34. The largest absolute Gasteiger partial charge is 0.397 e. The fourth-order valence-electron chi connectivity index (χ4n) is 2.15. The highest BCUT2D eigenvalue weighted by Gasteiger charge is 2.18. The molecule has 0 fully saturated rings. The van der Waals surface area contributed by atoms with Crippen LogP contribution in [0.15, 0.2) is 18.2 Å². The Kier molecular flexibility index (Phi) is 4.39. The van der Waals surface area contributed by atoms with Gasteiger partial charge >= 0.3 is 0 Å². The number of amides is 1. The van der Waals surface area contributed by atoms with E-state index in [0.717, 1.165) is 27.9 Å². The molecule has 2 aromatic heterocycles. The van der Waals surface area contributed by atoms with Crippen LogP contribution in [0, 0.1) is 13.8 Å². The Balaban J connectivity index is 2.28. The summed E-state index contributed by atoms with van der Waals surface area (Å²) in [5, 5.41) is 3.78. The Bertz CT molecular complexity index is 673. The van der Waals surface area contributed by atoms with Crippen molar-refractivity contribution in [2.45, 2.75) is 27.2 Å². The number of rotatable bonds is 4. The van der Waals surface area contributed by atoms with Gasteiger partial charge in [-0.3, -0.25) is 4.79 Å². The summed E-state index contributed by atoms with van der Waals surface area (Å²) in [4.78, 5) is 18.0. The minimum atomic E-state index is -0.118. The van der Waals surface area contributed by atoms with Crippen molar-refractivity contribution in [1.29, 1.82) is 0 Å². The number of nitrogens with zero attached hydrogens (tertiary/aromatic N) is 1. The van der Waals surface area contributed by atoms with Crippen LogP contribution in [0.25, 0.3) is 10.2 Å². The third kappa shape index (κ3) is 2.82. The summed E-state index contributed by atoms with van der Waals surface area (Å²) in [6.07, 6.45) is 4.81. The number of aryl methyl sites for hydroxylation is 2. The van der Waals surface area contributed by atoms with Gasteiger partial charge in [-0.1, -0.05) is 12.2 Å². The van der Waals surface area contributed by atoms with Crippen molar-refractivity contribution in [3.05, 3.63) is 34.4 Å². The van der Waals surface area contributed by atoms with Gasteiger partial charge in [0.2, 0.25) is 0 Å². The van der Waals surface area contributed by atoms with Crippen molar-refractivity contribution in [3.63, 3.8) is 0 Å². The number of carbonyl (C=O) groups excluding carboxylic acids is 1. The minimum Gasteiger partial charge on any atom is -0.397 e. The molecule has 0 aromatic carbocycles. The summed E-state index contributed by atoms with van der Waals surface area (Å²) in [5.41, 5.74) is 8.66. The maximum absolute atomic E-state index is 12.2. The first-order valence-electron chi connectivity index (χ1n) is 6.60. The van der Waals surface area contributed by atoms with Gasteiger partial charge < -0.3 is 11.1 Å². The van der Waals surface area contributed by atoms with E-state index in [0.29, 0.717) is 17.1 Å². The fourth-order valence-corrected chi connectivity index (χ4v) is 3.29. The molecule has 20 heavy (non-hydrogen) atoms. The van der Waals surface area contributed by atoms with Gasteiger partial charge in [0.15, 0.2) is 0 Å². The zero-order chi connectivity index (χ0) is 14.7. The number of pyridine rings is 1. The first-order valence-corrected chi connectivity index (χ1v) is 7.41. The van der Waals surface area contributed by atoms with E-state index in [1.165, 1.54) is 11.3 Å². The lowest BCUT2D eigenvalue weighted by atomic mass is 10.1. The summed E-state index contributed by atoms with van der Waals surface area (Å²) in [7, 11) is 0. The van der Waals surface area contributed by atoms with Crippen molar-refractivity contribution in [3.8, 4) is 0 Å². The number of anilines is 1. The number of nitrogens with two attached hydrogens (primary N) is 1. The van der Waals surface area contributed by atoms with Crippen LogP contribution in [0.1, 0.15) is 34.3 Å². The average molecular weight is 289 g/mol. The first-order chi connectivity index (χ1) is 9.54. The second kappa shape index (κ2) is 6.05. The lowest BCUT2D eigenvalue weighted by molar-refractivity contribution is 0.0959. The summed E-state index contributed by atoms with van der Waals surface area (Å²) in [6, 6.07) is 1.99. The summed E-state index contributed by atoms with van der Waals surface area (Å²) in [5.74, 6) is -0.118. The lowest BCUT2D eigenvalue weighted by Crippen LogP contribution is -2.23. The molecule has 2 rings (SSSR count). The SMILES string of the molecule is C/C=C/CCNC(=O)c1sc2nc(C)cc(C)c2c1N. The van der Waals surface area contributed by atoms with Gasteiger partial charge in [0, 0.05) is 17.6 Å². The van der Waals surface area contributed by atoms with Crippen LogP contribution in [-0.2, 0) is 0 Å². The second-order valence-corrected chi connectivity index (χ2v) is 5.72. The van der Waals surface area contributed by atoms with Gasteiger partial charge in [-0.15, -0.1) is 11.3 Å². The van der Waals surface area contributed by atoms with E-state index in [2.05, 4.69) is 10.3 Å². The van der Waals surface area contributed by atoms with Gasteiger partial charge in [0.05, 0.1) is 5.69 Å². The molecule has 0 aliphatic rings. The number of allylic oxidation sites excluding steroid dienone is 1. The Morgan fingerprint density at radius 1 is 1.50 bits per heavy atom. The molecule has 2 aromatic rings. The quantitative estimate of drug-likeness (QED) is 0.671. The molecule has 0 radical (unpaired) electrons. The van der Waals surface area contributed by atoms with Crippen LogP contribution in [0.2, 0.25) is 0 Å². The van der Waals surface area contributed by atoms with Gasteiger partial charge in [-0.25, -0.2) is 4.98 Å². The molecule has 0 atom stereocenters. The van der Waals surface area contributed by atoms with Crippen molar-refractivity contribution in [2.75, 3.05) is 12.3 Å². The number of thiophene rings is 1. The van der Waals surface area contributed by atoms with E-state index >= 15 is 0 Å². The van der Waals surface area contributed by atoms with E-state index in [9.17, 15) is 4.79 Å². The molecule has 0 aliphatic heterocycles.